The zero-order valence-corrected chi connectivity index (χ0v) is 15.1. The Labute approximate surface area is 162 Å². The van der Waals surface area contributed by atoms with Crippen LogP contribution in [0.25, 0.3) is 6.08 Å². The first-order valence-electron chi connectivity index (χ1n) is 7.65. The van der Waals surface area contributed by atoms with E-state index in [2.05, 4.69) is 14.8 Å². The highest BCUT2D eigenvalue weighted by Crippen LogP contribution is 2.33. The van der Waals surface area contributed by atoms with E-state index in [1.165, 1.54) is 49.6 Å². The van der Waals surface area contributed by atoms with Gasteiger partial charge in [0.25, 0.3) is 0 Å². The van der Waals surface area contributed by atoms with Crippen molar-refractivity contribution in [3.63, 3.8) is 0 Å². The molecule has 150 valence electrons. The molecule has 5 nitrogen and oxygen atoms in total. The van der Waals surface area contributed by atoms with Crippen LogP contribution in [0.1, 0.15) is 5.56 Å². The molecule has 1 N–H and O–H groups in total. The number of nitrogens with one attached hydrogen (secondary N) is 1. The summed E-state index contributed by atoms with van der Waals surface area (Å²) in [6, 6.07) is 8.13. The van der Waals surface area contributed by atoms with Gasteiger partial charge in [-0.25, -0.2) is 0 Å². The van der Waals surface area contributed by atoms with Crippen LogP contribution in [0.15, 0.2) is 42.5 Å². The summed E-state index contributed by atoms with van der Waals surface area (Å²) in [5.41, 5.74) is 0.407. The Morgan fingerprint density at radius 3 is 2.39 bits per heavy atom. The predicted molar refractivity (Wildman–Crippen MR) is 95.4 cm³/mol. The van der Waals surface area contributed by atoms with Crippen LogP contribution in [-0.2, 0) is 4.79 Å². The maximum atomic E-state index is 12.6. The number of methoxy groups -OCH3 is 1. The molecule has 0 aliphatic rings. The van der Waals surface area contributed by atoms with Gasteiger partial charge in [-0.15, -0.1) is 0 Å². The predicted octanol–water partition coefficient (Wildman–Crippen LogP) is 5.20. The summed E-state index contributed by atoms with van der Waals surface area (Å²) in [7, 11) is 1.29. The Morgan fingerprint density at radius 2 is 1.79 bits per heavy atom. The lowest BCUT2D eigenvalue weighted by molar-refractivity contribution is -0.111. The van der Waals surface area contributed by atoms with Gasteiger partial charge in [-0.05, 0) is 30.3 Å². The number of carbonyl (C=O) groups is 1. The lowest BCUT2D eigenvalue weighted by Crippen LogP contribution is -2.09. The number of para-hydroxylation sites is 1. The minimum absolute atomic E-state index is 0.0734. The van der Waals surface area contributed by atoms with Crippen LogP contribution in [0.3, 0.4) is 0 Å². The molecule has 0 aromatic heterocycles. The number of anilines is 1. The molecule has 2 aromatic rings. The summed E-state index contributed by atoms with van der Waals surface area (Å²) >= 11 is 5.80. The number of amides is 1. The van der Waals surface area contributed by atoms with Gasteiger partial charge in [-0.2, -0.15) is 17.6 Å². The van der Waals surface area contributed by atoms with E-state index >= 15 is 0 Å². The number of alkyl halides is 4. The average Bonchev–Trinajstić information content (AvgIpc) is 2.62. The fourth-order valence-electron chi connectivity index (χ4n) is 2.16. The first-order chi connectivity index (χ1) is 13.3. The van der Waals surface area contributed by atoms with Crippen molar-refractivity contribution in [1.82, 2.24) is 0 Å². The number of rotatable bonds is 8. The van der Waals surface area contributed by atoms with E-state index in [0.717, 1.165) is 6.08 Å². The third kappa shape index (κ3) is 6.05. The molecular formula is C18H14ClF4NO4. The van der Waals surface area contributed by atoms with Crippen LogP contribution in [0.5, 0.6) is 17.2 Å². The highest BCUT2D eigenvalue weighted by Gasteiger charge is 2.14. The average molecular weight is 420 g/mol. The normalized spacial score (nSPS) is 11.1. The first-order valence-corrected chi connectivity index (χ1v) is 8.03. The number of ether oxygens (including phenoxy) is 3. The molecule has 0 aliphatic heterocycles. The highest BCUT2D eigenvalue weighted by atomic mass is 35.5. The quantitative estimate of drug-likeness (QED) is 0.472. The second-order valence-corrected chi connectivity index (χ2v) is 5.51. The topological polar surface area (TPSA) is 56.8 Å². The molecule has 2 aromatic carbocycles. The van der Waals surface area contributed by atoms with E-state index in [4.69, 9.17) is 16.3 Å². The molecule has 0 fully saturated rings. The van der Waals surface area contributed by atoms with Gasteiger partial charge in [-0.1, -0.05) is 23.7 Å². The molecule has 0 atom stereocenters. The number of halogens is 5. The van der Waals surface area contributed by atoms with Crippen LogP contribution < -0.4 is 19.5 Å². The third-order valence-electron chi connectivity index (χ3n) is 3.27. The molecule has 0 saturated heterocycles. The summed E-state index contributed by atoms with van der Waals surface area (Å²) in [5.74, 6) is -1.01. The molecule has 2 rings (SSSR count). The van der Waals surface area contributed by atoms with Crippen LogP contribution in [0.4, 0.5) is 23.2 Å². The lowest BCUT2D eigenvalue weighted by atomic mass is 10.1. The molecule has 1 amide bonds. The van der Waals surface area contributed by atoms with Crippen LogP contribution in [-0.4, -0.2) is 26.2 Å². The molecule has 28 heavy (non-hydrogen) atoms. The SMILES string of the molecule is COc1cccc(/C=C/C(=O)Nc2ccc(OC(F)F)c(Cl)c2)c1OC(F)F. The highest BCUT2D eigenvalue weighted by molar-refractivity contribution is 6.32. The zero-order chi connectivity index (χ0) is 20.7. The van der Waals surface area contributed by atoms with E-state index in [9.17, 15) is 22.4 Å². The first kappa shape index (κ1) is 21.4. The van der Waals surface area contributed by atoms with Crippen molar-refractivity contribution in [1.29, 1.82) is 0 Å². The summed E-state index contributed by atoms with van der Waals surface area (Å²) in [4.78, 5) is 12.0. The van der Waals surface area contributed by atoms with Crippen molar-refractivity contribution in [2.45, 2.75) is 13.2 Å². The van der Waals surface area contributed by atoms with Gasteiger partial charge >= 0.3 is 13.2 Å². The molecule has 0 unspecified atom stereocenters. The monoisotopic (exact) mass is 419 g/mol. The second-order valence-electron chi connectivity index (χ2n) is 5.10. The van der Waals surface area contributed by atoms with Crippen LogP contribution in [0, 0.1) is 0 Å². The van der Waals surface area contributed by atoms with E-state index in [-0.39, 0.29) is 33.5 Å². The largest absolute Gasteiger partial charge is 0.493 e. The van der Waals surface area contributed by atoms with E-state index in [1.54, 1.807) is 0 Å². The van der Waals surface area contributed by atoms with Crippen molar-refractivity contribution >= 4 is 29.3 Å². The van der Waals surface area contributed by atoms with Gasteiger partial charge in [0.2, 0.25) is 5.91 Å². The second kappa shape index (κ2) is 9.84. The minimum atomic E-state index is -3.08. The Morgan fingerprint density at radius 1 is 1.07 bits per heavy atom. The number of hydrogen-bond acceptors (Lipinski definition) is 4. The van der Waals surface area contributed by atoms with Crippen LogP contribution in [0.2, 0.25) is 5.02 Å². The minimum Gasteiger partial charge on any atom is -0.493 e. The number of carbonyl (C=O) groups excluding carboxylic acids is 1. The summed E-state index contributed by atoms with van der Waals surface area (Å²) in [5, 5.41) is 2.33. The molecule has 0 aliphatic carbocycles. The van der Waals surface area contributed by atoms with Crippen molar-refractivity contribution in [3.8, 4) is 17.2 Å². The van der Waals surface area contributed by atoms with E-state index in [1.807, 2.05) is 0 Å². The molecular weight excluding hydrogens is 406 g/mol. The van der Waals surface area contributed by atoms with Crippen molar-refractivity contribution in [2.24, 2.45) is 0 Å². The van der Waals surface area contributed by atoms with E-state index < -0.39 is 19.1 Å². The van der Waals surface area contributed by atoms with Gasteiger partial charge in [0.05, 0.1) is 12.1 Å². The maximum Gasteiger partial charge on any atom is 0.387 e. The van der Waals surface area contributed by atoms with Crippen molar-refractivity contribution < 1.29 is 36.6 Å². The zero-order valence-electron chi connectivity index (χ0n) is 14.3. The summed E-state index contributed by atoms with van der Waals surface area (Å²) in [6.07, 6.45) is 2.33. The van der Waals surface area contributed by atoms with Crippen molar-refractivity contribution in [3.05, 3.63) is 53.1 Å². The lowest BCUT2D eigenvalue weighted by Gasteiger charge is -2.12. The Kier molecular flexibility index (Phi) is 7.51. The third-order valence-corrected chi connectivity index (χ3v) is 3.56. The molecule has 0 bridgehead atoms. The van der Waals surface area contributed by atoms with Crippen molar-refractivity contribution in [2.75, 3.05) is 12.4 Å². The summed E-state index contributed by atoms with van der Waals surface area (Å²) in [6.45, 7) is -6.11. The van der Waals surface area contributed by atoms with E-state index in [0.29, 0.717) is 0 Å². The smallest absolute Gasteiger partial charge is 0.387 e. The fraction of sp³-hybridized carbons (Fsp3) is 0.167. The van der Waals surface area contributed by atoms with Gasteiger partial charge in [0, 0.05) is 17.3 Å². The summed E-state index contributed by atoms with van der Waals surface area (Å²) < 4.78 is 63.2. The fourth-order valence-corrected chi connectivity index (χ4v) is 2.38. The molecule has 0 saturated carbocycles. The molecule has 10 heteroatoms. The molecule has 0 heterocycles. The van der Waals surface area contributed by atoms with Crippen LogP contribution >= 0.6 is 11.6 Å². The molecule has 0 radical (unpaired) electrons. The Balaban J connectivity index is 2.13. The van der Waals surface area contributed by atoms with Gasteiger partial charge in [-0.3, -0.25) is 4.79 Å². The Bertz CT molecular complexity index is 861. The standard InChI is InChI=1S/C18H14ClF4NO4/c1-26-14-4-2-3-10(16(14)28-18(22)23)5-8-15(25)24-11-6-7-13(12(19)9-11)27-17(20)21/h2-9,17-18H,1H3,(H,24,25)/b8-5+. The molecule has 0 spiro atoms. The maximum absolute atomic E-state index is 12.6. The van der Waals surface area contributed by atoms with Gasteiger partial charge in [0.15, 0.2) is 11.5 Å². The van der Waals surface area contributed by atoms with Gasteiger partial charge < -0.3 is 19.5 Å². The number of benzene rings is 2. The Hall–Kier alpha value is -2.94. The van der Waals surface area contributed by atoms with Gasteiger partial charge in [0.1, 0.15) is 5.75 Å². The number of hydrogen-bond donors (Lipinski definition) is 1.